The molecular formula is C30H31NO9. The molecule has 10 heteroatoms. The molecule has 2 atom stereocenters. The van der Waals surface area contributed by atoms with E-state index in [1.165, 1.54) is 0 Å². The number of fused-ring (bicyclic) bond motifs is 2. The van der Waals surface area contributed by atoms with E-state index in [1.54, 1.807) is 19.2 Å². The number of methoxy groups -OCH3 is 1. The van der Waals surface area contributed by atoms with Crippen molar-refractivity contribution >= 4 is 11.9 Å². The minimum Gasteiger partial charge on any atom is -0.497 e. The van der Waals surface area contributed by atoms with Crippen molar-refractivity contribution in [1.29, 1.82) is 0 Å². The van der Waals surface area contributed by atoms with Gasteiger partial charge in [0.05, 0.1) is 39.0 Å². The average Bonchev–Trinajstić information content (AvgIpc) is 3.52. The van der Waals surface area contributed by atoms with Crippen LogP contribution in [0.25, 0.3) is 0 Å². The lowest BCUT2D eigenvalue weighted by atomic mass is 9.94. The largest absolute Gasteiger partial charge is 0.497 e. The highest BCUT2D eigenvalue weighted by Gasteiger charge is 2.43. The molecule has 0 unspecified atom stereocenters. The Bertz CT molecular complexity index is 1410. The fraction of sp³-hybridized carbons (Fsp3) is 0.333. The highest BCUT2D eigenvalue weighted by Crippen LogP contribution is 2.52. The van der Waals surface area contributed by atoms with Crippen LogP contribution in [0.15, 0.2) is 54.6 Å². The molecule has 2 heterocycles. The Morgan fingerprint density at radius 1 is 0.875 bits per heavy atom. The Morgan fingerprint density at radius 2 is 1.65 bits per heavy atom. The lowest BCUT2D eigenvalue weighted by molar-refractivity contribution is -0.139. The number of carboxylic acid groups (broad SMARTS) is 2. The number of hydrogen-bond acceptors (Lipinski definition) is 8. The number of ether oxygens (including phenoxy) is 5. The predicted octanol–water partition coefficient (Wildman–Crippen LogP) is 4.65. The molecule has 0 amide bonds. The Kier molecular flexibility index (Phi) is 7.97. The van der Waals surface area contributed by atoms with Gasteiger partial charge in [-0.3, -0.25) is 14.5 Å². The fourth-order valence-corrected chi connectivity index (χ4v) is 5.34. The molecule has 0 spiro atoms. The van der Waals surface area contributed by atoms with Crippen molar-refractivity contribution in [3.63, 3.8) is 0 Å². The topological polar surface area (TPSA) is 124 Å². The summed E-state index contributed by atoms with van der Waals surface area (Å²) in [6.07, 6.45) is 0.293. The van der Waals surface area contributed by atoms with Crippen LogP contribution in [0.3, 0.4) is 0 Å². The van der Waals surface area contributed by atoms with Crippen LogP contribution in [0.1, 0.15) is 54.1 Å². The van der Waals surface area contributed by atoms with Crippen LogP contribution in [-0.2, 0) is 9.59 Å². The van der Waals surface area contributed by atoms with E-state index < -0.39 is 24.0 Å². The van der Waals surface area contributed by atoms with Crippen LogP contribution in [-0.4, -0.2) is 60.7 Å². The van der Waals surface area contributed by atoms with E-state index in [2.05, 4.69) is 0 Å². The first-order valence-electron chi connectivity index (χ1n) is 13.1. The van der Waals surface area contributed by atoms with Crippen LogP contribution < -0.4 is 23.7 Å². The minimum absolute atomic E-state index is 0.0272. The van der Waals surface area contributed by atoms with E-state index in [4.69, 9.17) is 28.8 Å². The summed E-state index contributed by atoms with van der Waals surface area (Å²) in [6, 6.07) is 16.0. The van der Waals surface area contributed by atoms with Gasteiger partial charge < -0.3 is 33.9 Å². The molecule has 2 N–H and O–H groups in total. The summed E-state index contributed by atoms with van der Waals surface area (Å²) in [5.74, 6) is 1.09. The molecule has 0 saturated carbocycles. The second kappa shape index (κ2) is 11.7. The molecule has 3 aromatic rings. The molecule has 0 radical (unpaired) electrons. The second-order valence-electron chi connectivity index (χ2n) is 9.46. The third-order valence-corrected chi connectivity index (χ3v) is 6.96. The Balaban J connectivity index is 1.64. The van der Waals surface area contributed by atoms with Crippen LogP contribution in [0.5, 0.6) is 28.7 Å². The molecule has 0 bridgehead atoms. The van der Waals surface area contributed by atoms with Gasteiger partial charge in [0.25, 0.3) is 0 Å². The lowest BCUT2D eigenvalue weighted by Gasteiger charge is -2.31. The maximum Gasteiger partial charge on any atom is 0.317 e. The SMILES string of the molecule is CCOc1ccc2c(c1)[C@@H](c1ccc(OC)cc1OCCCC(=O)O)N(CC(=O)O)[C@@H]2c1ccc2c(c1)OCO2. The van der Waals surface area contributed by atoms with Crippen LogP contribution in [0, 0.1) is 0 Å². The smallest absolute Gasteiger partial charge is 0.317 e. The molecule has 0 aliphatic carbocycles. The summed E-state index contributed by atoms with van der Waals surface area (Å²) < 4.78 is 28.5. The van der Waals surface area contributed by atoms with Gasteiger partial charge in [0.15, 0.2) is 11.5 Å². The van der Waals surface area contributed by atoms with Crippen molar-refractivity contribution in [3.05, 3.63) is 76.9 Å². The van der Waals surface area contributed by atoms with E-state index in [-0.39, 0.29) is 26.4 Å². The van der Waals surface area contributed by atoms with Gasteiger partial charge in [-0.25, -0.2) is 0 Å². The quantitative estimate of drug-likeness (QED) is 0.309. The van der Waals surface area contributed by atoms with Crippen molar-refractivity contribution in [3.8, 4) is 28.7 Å². The summed E-state index contributed by atoms with van der Waals surface area (Å²) in [7, 11) is 1.55. The molecule has 10 nitrogen and oxygen atoms in total. The summed E-state index contributed by atoms with van der Waals surface area (Å²) >= 11 is 0. The Hall–Kier alpha value is -4.44. The Morgan fingerprint density at radius 3 is 2.40 bits per heavy atom. The van der Waals surface area contributed by atoms with E-state index in [0.29, 0.717) is 41.8 Å². The molecular weight excluding hydrogens is 518 g/mol. The van der Waals surface area contributed by atoms with Gasteiger partial charge >= 0.3 is 11.9 Å². The van der Waals surface area contributed by atoms with Gasteiger partial charge in [-0.15, -0.1) is 0 Å². The van der Waals surface area contributed by atoms with Crippen LogP contribution in [0.2, 0.25) is 0 Å². The van der Waals surface area contributed by atoms with Gasteiger partial charge in [0.2, 0.25) is 6.79 Å². The van der Waals surface area contributed by atoms with Crippen molar-refractivity contribution in [2.24, 2.45) is 0 Å². The third-order valence-electron chi connectivity index (χ3n) is 6.96. The van der Waals surface area contributed by atoms with Crippen molar-refractivity contribution in [2.45, 2.75) is 31.8 Å². The summed E-state index contributed by atoms with van der Waals surface area (Å²) in [6.45, 7) is 2.44. The van der Waals surface area contributed by atoms with Crippen molar-refractivity contribution in [2.75, 3.05) is 33.7 Å². The zero-order valence-electron chi connectivity index (χ0n) is 22.3. The number of hydrogen-bond donors (Lipinski definition) is 2. The van der Waals surface area contributed by atoms with Gasteiger partial charge in [0, 0.05) is 18.1 Å². The highest BCUT2D eigenvalue weighted by molar-refractivity contribution is 5.70. The number of rotatable bonds is 12. The van der Waals surface area contributed by atoms with Gasteiger partial charge in [-0.2, -0.15) is 0 Å². The minimum atomic E-state index is -0.981. The monoisotopic (exact) mass is 549 g/mol. The first-order valence-corrected chi connectivity index (χ1v) is 13.1. The highest BCUT2D eigenvalue weighted by atomic mass is 16.7. The molecule has 2 aliphatic rings. The number of carbonyl (C=O) groups is 2. The number of aliphatic carboxylic acids is 2. The van der Waals surface area contributed by atoms with E-state index >= 15 is 0 Å². The molecule has 210 valence electrons. The Labute approximate surface area is 231 Å². The molecule has 0 aromatic heterocycles. The van der Waals surface area contributed by atoms with Gasteiger partial charge in [0.1, 0.15) is 17.2 Å². The number of carboxylic acids is 2. The molecule has 3 aromatic carbocycles. The zero-order valence-corrected chi connectivity index (χ0v) is 22.3. The second-order valence-corrected chi connectivity index (χ2v) is 9.46. The number of benzene rings is 3. The zero-order chi connectivity index (χ0) is 28.2. The van der Waals surface area contributed by atoms with Crippen molar-refractivity contribution in [1.82, 2.24) is 4.90 Å². The van der Waals surface area contributed by atoms with E-state index in [0.717, 1.165) is 22.3 Å². The molecule has 2 aliphatic heterocycles. The third kappa shape index (κ3) is 5.48. The van der Waals surface area contributed by atoms with Gasteiger partial charge in [-0.1, -0.05) is 12.1 Å². The molecule has 40 heavy (non-hydrogen) atoms. The summed E-state index contributed by atoms with van der Waals surface area (Å²) in [4.78, 5) is 25.2. The van der Waals surface area contributed by atoms with Gasteiger partial charge in [-0.05, 0) is 66.4 Å². The average molecular weight is 550 g/mol. The summed E-state index contributed by atoms with van der Waals surface area (Å²) in [5, 5.41) is 19.1. The molecule has 0 fully saturated rings. The maximum absolute atomic E-state index is 12.3. The molecule has 0 saturated heterocycles. The predicted molar refractivity (Wildman–Crippen MR) is 144 cm³/mol. The van der Waals surface area contributed by atoms with Crippen molar-refractivity contribution < 1.29 is 43.5 Å². The summed E-state index contributed by atoms with van der Waals surface area (Å²) in [5.41, 5.74) is 3.41. The standard InChI is InChI=1S/C30H31NO9/c1-3-37-20-8-9-21-23(14-20)30(22-10-7-19(36-2)15-25(22)38-12-4-5-27(32)33)31(16-28(34)35)29(21)18-6-11-24-26(13-18)40-17-39-24/h6-11,13-15,29-30H,3-5,12,16-17H2,1-2H3,(H,32,33)(H,34,35)/t29-,30-/m1/s1. The normalized spacial score (nSPS) is 17.4. The first kappa shape index (κ1) is 27.1. The van der Waals surface area contributed by atoms with E-state index in [9.17, 15) is 14.7 Å². The van der Waals surface area contributed by atoms with Crippen LogP contribution in [0.4, 0.5) is 0 Å². The number of nitrogens with zero attached hydrogens (tertiary/aromatic N) is 1. The lowest BCUT2D eigenvalue weighted by Crippen LogP contribution is -2.33. The molecule has 5 rings (SSSR count). The fourth-order valence-electron chi connectivity index (χ4n) is 5.34. The first-order chi connectivity index (χ1) is 19.4. The van der Waals surface area contributed by atoms with E-state index in [1.807, 2.05) is 54.3 Å². The maximum atomic E-state index is 12.3. The van der Waals surface area contributed by atoms with Crippen LogP contribution >= 0.6 is 0 Å².